The summed E-state index contributed by atoms with van der Waals surface area (Å²) in [6, 6.07) is 12.9. The number of amides is 1. The number of anilines is 1. The van der Waals surface area contributed by atoms with Crippen LogP contribution in [0.2, 0.25) is 0 Å². The zero-order valence-corrected chi connectivity index (χ0v) is 17.4. The van der Waals surface area contributed by atoms with Crippen molar-refractivity contribution in [2.75, 3.05) is 12.4 Å². The molecule has 2 N–H and O–H groups in total. The summed E-state index contributed by atoms with van der Waals surface area (Å²) in [5.74, 6) is 0.864. The molecule has 1 aromatic heterocycles. The fraction of sp³-hybridized carbons (Fsp3) is 0.292. The molecule has 0 saturated carbocycles. The van der Waals surface area contributed by atoms with Gasteiger partial charge in [0.1, 0.15) is 11.6 Å². The fourth-order valence-corrected chi connectivity index (χ4v) is 4.28. The van der Waals surface area contributed by atoms with Gasteiger partial charge in [0.15, 0.2) is 5.78 Å². The van der Waals surface area contributed by atoms with Gasteiger partial charge in [0.05, 0.1) is 7.11 Å². The minimum Gasteiger partial charge on any atom is -0.497 e. The number of hydrogen-bond acceptors (Lipinski definition) is 5. The molecular weight excluding hydrogens is 378 g/mol. The molecule has 4 rings (SSSR count). The number of benzene rings is 1. The number of carbonyl (C=O) groups is 2. The molecule has 2 atom stereocenters. The van der Waals surface area contributed by atoms with Crippen molar-refractivity contribution in [2.24, 2.45) is 5.92 Å². The Balaban J connectivity index is 1.79. The summed E-state index contributed by atoms with van der Waals surface area (Å²) < 4.78 is 5.28. The number of nitrogens with zero attached hydrogens (tertiary/aromatic N) is 1. The highest BCUT2D eigenvalue weighted by Gasteiger charge is 2.39. The van der Waals surface area contributed by atoms with E-state index in [2.05, 4.69) is 22.5 Å². The SMILES string of the molecule is COc1ccc(C2C(C(=O)Nc3ccccn3)=C(C)NC3=C2C(=O)CC(C)C3)cc1. The summed E-state index contributed by atoms with van der Waals surface area (Å²) in [7, 11) is 1.61. The van der Waals surface area contributed by atoms with Crippen molar-refractivity contribution in [3.63, 3.8) is 0 Å². The Labute approximate surface area is 176 Å². The molecule has 30 heavy (non-hydrogen) atoms. The highest BCUT2D eigenvalue weighted by Crippen LogP contribution is 2.43. The maximum atomic E-state index is 13.3. The largest absolute Gasteiger partial charge is 0.497 e. The molecule has 1 amide bonds. The molecule has 0 bridgehead atoms. The second-order valence-corrected chi connectivity index (χ2v) is 7.87. The number of dihydropyridines is 1. The first kappa shape index (κ1) is 19.9. The molecule has 0 radical (unpaired) electrons. The van der Waals surface area contributed by atoms with Gasteiger partial charge in [-0.05, 0) is 49.1 Å². The van der Waals surface area contributed by atoms with Crippen LogP contribution in [-0.4, -0.2) is 23.8 Å². The number of rotatable bonds is 4. The first-order valence-corrected chi connectivity index (χ1v) is 10.1. The van der Waals surface area contributed by atoms with Crippen LogP contribution >= 0.6 is 0 Å². The van der Waals surface area contributed by atoms with Crippen LogP contribution in [0, 0.1) is 5.92 Å². The van der Waals surface area contributed by atoms with Crippen LogP contribution in [0.4, 0.5) is 5.82 Å². The average Bonchev–Trinajstić information content (AvgIpc) is 2.73. The van der Waals surface area contributed by atoms with Crippen LogP contribution in [-0.2, 0) is 9.59 Å². The molecule has 2 heterocycles. The van der Waals surface area contributed by atoms with Gasteiger partial charge in [-0.1, -0.05) is 25.1 Å². The quantitative estimate of drug-likeness (QED) is 0.808. The van der Waals surface area contributed by atoms with Crippen LogP contribution in [0.5, 0.6) is 5.75 Å². The van der Waals surface area contributed by atoms with E-state index in [0.717, 1.165) is 29.1 Å². The van der Waals surface area contributed by atoms with Crippen molar-refractivity contribution in [1.29, 1.82) is 0 Å². The lowest BCUT2D eigenvalue weighted by molar-refractivity contribution is -0.117. The number of ether oxygens (including phenoxy) is 1. The molecule has 0 spiro atoms. The van der Waals surface area contributed by atoms with Crippen molar-refractivity contribution in [3.05, 3.63) is 76.8 Å². The standard InChI is InChI=1S/C24H25N3O3/c1-14-12-18-23(19(28)13-14)22(16-7-9-17(30-3)10-8-16)21(15(2)26-18)24(29)27-20-6-4-5-11-25-20/h4-11,14,22,26H,12-13H2,1-3H3,(H,25,27,29). The van der Waals surface area contributed by atoms with Crippen LogP contribution in [0.25, 0.3) is 0 Å². The molecule has 2 aliphatic rings. The second-order valence-electron chi connectivity index (χ2n) is 7.87. The first-order chi connectivity index (χ1) is 14.5. The van der Waals surface area contributed by atoms with Crippen LogP contribution in [0.1, 0.15) is 38.2 Å². The Morgan fingerprint density at radius 1 is 1.17 bits per heavy atom. The van der Waals surface area contributed by atoms with Crippen molar-refractivity contribution in [3.8, 4) is 5.75 Å². The van der Waals surface area contributed by atoms with E-state index < -0.39 is 5.92 Å². The third-order valence-corrected chi connectivity index (χ3v) is 5.63. The number of hydrogen-bond donors (Lipinski definition) is 2. The molecule has 2 unspecified atom stereocenters. The van der Waals surface area contributed by atoms with Crippen LogP contribution in [0.15, 0.2) is 71.2 Å². The summed E-state index contributed by atoms with van der Waals surface area (Å²) >= 11 is 0. The normalized spacial score (nSPS) is 21.1. The van der Waals surface area contributed by atoms with Gasteiger partial charge in [0, 0.05) is 41.1 Å². The van der Waals surface area contributed by atoms with E-state index in [-0.39, 0.29) is 17.6 Å². The second kappa shape index (κ2) is 8.14. The van der Waals surface area contributed by atoms with E-state index in [0.29, 0.717) is 23.4 Å². The van der Waals surface area contributed by atoms with Crippen LogP contribution < -0.4 is 15.4 Å². The number of nitrogens with one attached hydrogen (secondary N) is 2. The number of methoxy groups -OCH3 is 1. The minimum absolute atomic E-state index is 0.0905. The number of Topliss-reactive ketones (excluding diaryl/α,β-unsaturated/α-hetero) is 1. The van der Waals surface area contributed by atoms with Gasteiger partial charge in [-0.2, -0.15) is 0 Å². The van der Waals surface area contributed by atoms with Crippen molar-refractivity contribution >= 4 is 17.5 Å². The summed E-state index contributed by atoms with van der Waals surface area (Å²) in [4.78, 5) is 30.6. The number of allylic oxidation sites excluding steroid dienone is 3. The molecule has 6 heteroatoms. The molecule has 0 saturated heterocycles. The van der Waals surface area contributed by atoms with E-state index in [1.807, 2.05) is 37.3 Å². The first-order valence-electron chi connectivity index (χ1n) is 10.1. The third-order valence-electron chi connectivity index (χ3n) is 5.63. The van der Waals surface area contributed by atoms with E-state index >= 15 is 0 Å². The van der Waals surface area contributed by atoms with Gasteiger partial charge in [-0.25, -0.2) is 4.98 Å². The lowest BCUT2D eigenvalue weighted by Gasteiger charge is -2.36. The lowest BCUT2D eigenvalue weighted by Crippen LogP contribution is -2.37. The molecule has 154 valence electrons. The zero-order valence-electron chi connectivity index (χ0n) is 17.4. The number of aromatic nitrogens is 1. The molecular formula is C24H25N3O3. The number of ketones is 1. The topological polar surface area (TPSA) is 80.3 Å². The highest BCUT2D eigenvalue weighted by atomic mass is 16.5. The predicted molar refractivity (Wildman–Crippen MR) is 115 cm³/mol. The average molecular weight is 403 g/mol. The summed E-state index contributed by atoms with van der Waals surface area (Å²) in [5, 5.41) is 6.23. The molecule has 2 aromatic rings. The molecule has 6 nitrogen and oxygen atoms in total. The molecule has 1 aliphatic heterocycles. The van der Waals surface area contributed by atoms with Gasteiger partial charge in [-0.3, -0.25) is 9.59 Å². The van der Waals surface area contributed by atoms with Crippen molar-refractivity contribution in [1.82, 2.24) is 10.3 Å². The summed E-state index contributed by atoms with van der Waals surface area (Å²) in [6.07, 6.45) is 2.91. The molecule has 0 fully saturated rings. The van der Waals surface area contributed by atoms with E-state index in [9.17, 15) is 9.59 Å². The maximum Gasteiger partial charge on any atom is 0.255 e. The molecule has 1 aliphatic carbocycles. The van der Waals surface area contributed by atoms with Crippen molar-refractivity contribution < 1.29 is 14.3 Å². The van der Waals surface area contributed by atoms with E-state index in [1.54, 1.807) is 25.4 Å². The Kier molecular flexibility index (Phi) is 5.40. The predicted octanol–water partition coefficient (Wildman–Crippen LogP) is 3.94. The Bertz CT molecular complexity index is 1040. The smallest absolute Gasteiger partial charge is 0.255 e. The van der Waals surface area contributed by atoms with E-state index in [4.69, 9.17) is 4.74 Å². The minimum atomic E-state index is -0.434. The van der Waals surface area contributed by atoms with Crippen LogP contribution in [0.3, 0.4) is 0 Å². The Hall–Kier alpha value is -3.41. The third kappa shape index (κ3) is 3.73. The highest BCUT2D eigenvalue weighted by molar-refractivity contribution is 6.09. The fourth-order valence-electron chi connectivity index (χ4n) is 4.28. The Morgan fingerprint density at radius 2 is 1.93 bits per heavy atom. The van der Waals surface area contributed by atoms with Gasteiger partial charge in [0.2, 0.25) is 0 Å². The van der Waals surface area contributed by atoms with Gasteiger partial charge in [-0.15, -0.1) is 0 Å². The Morgan fingerprint density at radius 3 is 2.60 bits per heavy atom. The number of carbonyl (C=O) groups excluding carboxylic acids is 2. The monoisotopic (exact) mass is 403 g/mol. The zero-order chi connectivity index (χ0) is 21.3. The van der Waals surface area contributed by atoms with E-state index in [1.165, 1.54) is 0 Å². The van der Waals surface area contributed by atoms with Gasteiger partial charge < -0.3 is 15.4 Å². The van der Waals surface area contributed by atoms with Gasteiger partial charge in [0.25, 0.3) is 5.91 Å². The summed E-state index contributed by atoms with van der Waals surface area (Å²) in [6.45, 7) is 3.96. The van der Waals surface area contributed by atoms with Gasteiger partial charge >= 0.3 is 0 Å². The number of pyridine rings is 1. The lowest BCUT2D eigenvalue weighted by atomic mass is 9.73. The summed E-state index contributed by atoms with van der Waals surface area (Å²) in [5.41, 5.74) is 3.79. The molecule has 1 aromatic carbocycles. The van der Waals surface area contributed by atoms with Crippen molar-refractivity contribution in [2.45, 2.75) is 32.6 Å². The maximum absolute atomic E-state index is 13.3.